The van der Waals surface area contributed by atoms with Gasteiger partial charge in [0.25, 0.3) is 11.8 Å². The van der Waals surface area contributed by atoms with Gasteiger partial charge in [0.15, 0.2) is 11.7 Å². The average molecular weight is 291 g/mol. The zero-order valence-corrected chi connectivity index (χ0v) is 11.6. The third-order valence-corrected chi connectivity index (χ3v) is 3.21. The minimum absolute atomic E-state index is 0.191. The van der Waals surface area contributed by atoms with Gasteiger partial charge in [0.1, 0.15) is 5.75 Å². The molecule has 0 aliphatic carbocycles. The quantitative estimate of drug-likeness (QED) is 0.874. The first-order valence-corrected chi connectivity index (χ1v) is 6.67. The van der Waals surface area contributed by atoms with Crippen LogP contribution in [0.5, 0.6) is 5.75 Å². The molecule has 3 N–H and O–H groups in total. The highest BCUT2D eigenvalue weighted by Gasteiger charge is 2.08. The zero-order chi connectivity index (χ0) is 14.5. The molecule has 0 aliphatic rings. The summed E-state index contributed by atoms with van der Waals surface area (Å²) in [6.07, 6.45) is 0. The summed E-state index contributed by atoms with van der Waals surface area (Å²) in [5.41, 5.74) is 6.31. The third-order valence-electron chi connectivity index (χ3n) is 2.34. The van der Waals surface area contributed by atoms with Crippen LogP contribution < -0.4 is 15.8 Å². The molecule has 7 heteroatoms. The lowest BCUT2D eigenvalue weighted by Crippen LogP contribution is -2.20. The van der Waals surface area contributed by atoms with Crippen molar-refractivity contribution < 1.29 is 14.3 Å². The highest BCUT2D eigenvalue weighted by Crippen LogP contribution is 2.17. The smallest absolute Gasteiger partial charge is 0.257 e. The maximum atomic E-state index is 11.9. The van der Waals surface area contributed by atoms with Gasteiger partial charge in [-0.15, -0.1) is 11.3 Å². The Bertz CT molecular complexity index is 622. The second-order valence-corrected chi connectivity index (χ2v) is 4.89. The molecule has 0 bridgehead atoms. The van der Waals surface area contributed by atoms with E-state index in [1.165, 1.54) is 11.3 Å². The molecule has 0 spiro atoms. The number of benzene rings is 1. The van der Waals surface area contributed by atoms with Crippen molar-refractivity contribution in [1.29, 1.82) is 0 Å². The Balaban J connectivity index is 1.98. The van der Waals surface area contributed by atoms with Crippen molar-refractivity contribution in [1.82, 2.24) is 4.98 Å². The van der Waals surface area contributed by atoms with E-state index in [1.54, 1.807) is 24.3 Å². The number of aromatic nitrogens is 1. The summed E-state index contributed by atoms with van der Waals surface area (Å²) in [7, 11) is 0. The molecule has 2 aromatic rings. The van der Waals surface area contributed by atoms with E-state index in [0.29, 0.717) is 16.4 Å². The van der Waals surface area contributed by atoms with Crippen LogP contribution in [0.3, 0.4) is 0 Å². The Morgan fingerprint density at radius 2 is 2.05 bits per heavy atom. The number of carbonyl (C=O) groups excluding carboxylic acids is 2. The first kappa shape index (κ1) is 14.0. The number of ether oxygens (including phenoxy) is 1. The van der Waals surface area contributed by atoms with Crippen LogP contribution in [-0.4, -0.2) is 23.4 Å². The molecule has 0 unspecified atom stereocenters. The lowest BCUT2D eigenvalue weighted by Gasteiger charge is -2.05. The van der Waals surface area contributed by atoms with Crippen LogP contribution in [0.25, 0.3) is 0 Å². The molecular formula is C13H13N3O3S. The molecule has 0 aliphatic heterocycles. The number of nitrogens with zero attached hydrogens (tertiary/aromatic N) is 1. The highest BCUT2D eigenvalue weighted by atomic mass is 32.1. The summed E-state index contributed by atoms with van der Waals surface area (Å²) in [6, 6.07) is 6.41. The van der Waals surface area contributed by atoms with E-state index in [-0.39, 0.29) is 12.5 Å². The minimum Gasteiger partial charge on any atom is -0.484 e. The second kappa shape index (κ2) is 6.16. The maximum Gasteiger partial charge on any atom is 0.257 e. The molecule has 0 fully saturated rings. The first-order valence-electron chi connectivity index (χ1n) is 5.79. The Morgan fingerprint density at radius 3 is 2.60 bits per heavy atom. The molecule has 0 saturated heterocycles. The van der Waals surface area contributed by atoms with Gasteiger partial charge in [-0.2, -0.15) is 0 Å². The standard InChI is InChI=1S/C13H13N3O3S/c1-8-7-20-13(15-8)16-12(18)9-2-4-10(5-3-9)19-6-11(14)17/h2-5,7H,6H2,1H3,(H2,14,17)(H,15,16,18). The molecule has 20 heavy (non-hydrogen) atoms. The molecule has 1 heterocycles. The summed E-state index contributed by atoms with van der Waals surface area (Å²) in [5.74, 6) is -0.322. The Labute approximate surface area is 119 Å². The fourth-order valence-corrected chi connectivity index (χ4v) is 2.12. The van der Waals surface area contributed by atoms with E-state index in [4.69, 9.17) is 10.5 Å². The Morgan fingerprint density at radius 1 is 1.35 bits per heavy atom. The molecule has 1 aromatic heterocycles. The van der Waals surface area contributed by atoms with E-state index in [2.05, 4.69) is 10.3 Å². The number of amides is 2. The number of aryl methyl sites for hydroxylation is 1. The van der Waals surface area contributed by atoms with Crippen molar-refractivity contribution in [2.75, 3.05) is 11.9 Å². The Kier molecular flexibility index (Phi) is 4.31. The zero-order valence-electron chi connectivity index (χ0n) is 10.8. The van der Waals surface area contributed by atoms with Gasteiger partial charge in [0, 0.05) is 10.9 Å². The Hall–Kier alpha value is -2.41. The summed E-state index contributed by atoms with van der Waals surface area (Å²) >= 11 is 1.37. The SMILES string of the molecule is Cc1csc(NC(=O)c2ccc(OCC(N)=O)cc2)n1. The predicted molar refractivity (Wildman–Crippen MR) is 75.9 cm³/mol. The van der Waals surface area contributed by atoms with Crippen LogP contribution in [-0.2, 0) is 4.79 Å². The highest BCUT2D eigenvalue weighted by molar-refractivity contribution is 7.13. The molecule has 1 aromatic carbocycles. The molecule has 0 radical (unpaired) electrons. The number of primary amides is 1. The third kappa shape index (κ3) is 3.79. The number of rotatable bonds is 5. The summed E-state index contributed by atoms with van der Waals surface area (Å²) in [4.78, 5) is 26.7. The topological polar surface area (TPSA) is 94.3 Å². The normalized spacial score (nSPS) is 10.1. The van der Waals surface area contributed by atoms with Crippen molar-refractivity contribution in [3.63, 3.8) is 0 Å². The van der Waals surface area contributed by atoms with E-state index in [0.717, 1.165) is 5.69 Å². The number of carbonyl (C=O) groups is 2. The lowest BCUT2D eigenvalue weighted by atomic mass is 10.2. The lowest BCUT2D eigenvalue weighted by molar-refractivity contribution is -0.119. The van der Waals surface area contributed by atoms with Crippen molar-refractivity contribution >= 4 is 28.3 Å². The number of nitrogens with one attached hydrogen (secondary N) is 1. The van der Waals surface area contributed by atoms with Crippen LogP contribution in [0, 0.1) is 6.92 Å². The minimum atomic E-state index is -0.550. The van der Waals surface area contributed by atoms with Crippen LogP contribution in [0.1, 0.15) is 16.1 Å². The van der Waals surface area contributed by atoms with Gasteiger partial charge in [-0.3, -0.25) is 14.9 Å². The van der Waals surface area contributed by atoms with E-state index >= 15 is 0 Å². The molecule has 0 saturated carbocycles. The number of hydrogen-bond acceptors (Lipinski definition) is 5. The van der Waals surface area contributed by atoms with Crippen molar-refractivity contribution in [3.8, 4) is 5.75 Å². The summed E-state index contributed by atoms with van der Waals surface area (Å²) < 4.78 is 5.11. The number of hydrogen-bond donors (Lipinski definition) is 2. The fraction of sp³-hybridized carbons (Fsp3) is 0.154. The molecule has 0 atom stereocenters. The monoisotopic (exact) mass is 291 g/mol. The van der Waals surface area contributed by atoms with Crippen LogP contribution in [0.2, 0.25) is 0 Å². The van der Waals surface area contributed by atoms with E-state index in [1.807, 2.05) is 12.3 Å². The summed E-state index contributed by atoms with van der Waals surface area (Å²) in [6.45, 7) is 1.67. The maximum absolute atomic E-state index is 11.9. The van der Waals surface area contributed by atoms with E-state index < -0.39 is 5.91 Å². The molecule has 2 amide bonds. The van der Waals surface area contributed by atoms with Gasteiger partial charge < -0.3 is 10.5 Å². The molecule has 104 valence electrons. The van der Waals surface area contributed by atoms with Gasteiger partial charge >= 0.3 is 0 Å². The van der Waals surface area contributed by atoms with Gasteiger partial charge in [-0.25, -0.2) is 4.98 Å². The summed E-state index contributed by atoms with van der Waals surface area (Å²) in [5, 5.41) is 5.12. The van der Waals surface area contributed by atoms with Crippen LogP contribution >= 0.6 is 11.3 Å². The van der Waals surface area contributed by atoms with E-state index in [9.17, 15) is 9.59 Å². The van der Waals surface area contributed by atoms with Crippen molar-refractivity contribution in [2.45, 2.75) is 6.92 Å². The first-order chi connectivity index (χ1) is 9.54. The van der Waals surface area contributed by atoms with Gasteiger partial charge in [-0.05, 0) is 31.2 Å². The largest absolute Gasteiger partial charge is 0.484 e. The predicted octanol–water partition coefficient (Wildman–Crippen LogP) is 1.57. The van der Waals surface area contributed by atoms with Crippen LogP contribution in [0.4, 0.5) is 5.13 Å². The van der Waals surface area contributed by atoms with Gasteiger partial charge in [0.05, 0.1) is 5.69 Å². The van der Waals surface area contributed by atoms with Crippen molar-refractivity contribution in [3.05, 3.63) is 40.9 Å². The number of thiazole rings is 1. The van der Waals surface area contributed by atoms with Crippen LogP contribution in [0.15, 0.2) is 29.6 Å². The molecular weight excluding hydrogens is 278 g/mol. The molecule has 2 rings (SSSR count). The van der Waals surface area contributed by atoms with Gasteiger partial charge in [-0.1, -0.05) is 0 Å². The number of nitrogens with two attached hydrogens (primary N) is 1. The second-order valence-electron chi connectivity index (χ2n) is 4.03. The molecule has 6 nitrogen and oxygen atoms in total. The average Bonchev–Trinajstić information content (AvgIpc) is 2.82. The fourth-order valence-electron chi connectivity index (χ4n) is 1.44. The van der Waals surface area contributed by atoms with Gasteiger partial charge in [0.2, 0.25) is 0 Å². The van der Waals surface area contributed by atoms with Crippen molar-refractivity contribution in [2.24, 2.45) is 5.73 Å². The number of anilines is 1.